The molecule has 0 radical (unpaired) electrons. The number of aromatic amines is 1. The van der Waals surface area contributed by atoms with Gasteiger partial charge in [0.15, 0.2) is 6.10 Å². The lowest BCUT2D eigenvalue weighted by molar-refractivity contribution is -0.161. The molecule has 2 atom stereocenters. The predicted octanol–water partition coefficient (Wildman–Crippen LogP) is 13.1. The number of phosphoric ester groups is 1. The number of benzene rings is 1. The summed E-state index contributed by atoms with van der Waals surface area (Å²) in [6.45, 7) is 3.80. The smallest absolute Gasteiger partial charge is 0.462 e. The molecule has 0 saturated carbocycles. The van der Waals surface area contributed by atoms with Gasteiger partial charge in [-0.2, -0.15) is 0 Å². The first-order valence-electron chi connectivity index (χ1n) is 21.4. The Morgan fingerprint density at radius 3 is 1.57 bits per heavy atom. The Morgan fingerprint density at radius 1 is 0.623 bits per heavy atom. The molecule has 1 unspecified atom stereocenters. The van der Waals surface area contributed by atoms with Gasteiger partial charge in [0, 0.05) is 29.9 Å². The van der Waals surface area contributed by atoms with Crippen molar-refractivity contribution in [3.05, 3.63) is 30.5 Å². The molecule has 0 spiro atoms. The summed E-state index contributed by atoms with van der Waals surface area (Å²) in [5.74, 6) is -0.655. The van der Waals surface area contributed by atoms with Crippen molar-refractivity contribution in [2.24, 2.45) is 0 Å². The molecular weight excluding hydrogens is 689 g/mol. The fourth-order valence-electron chi connectivity index (χ4n) is 6.62. The molecule has 1 aromatic heterocycles. The monoisotopic (exact) mass is 764 g/mol. The number of carbonyl (C=O) groups excluding carboxylic acids is 2. The third-order valence-corrected chi connectivity index (χ3v) is 10.8. The van der Waals surface area contributed by atoms with Crippen LogP contribution in [-0.2, 0) is 28.2 Å². The topological polar surface area (TPSA) is 124 Å². The Bertz CT molecular complexity index is 1250. The molecule has 2 aromatic rings. The largest absolute Gasteiger partial charge is 0.527 e. The highest BCUT2D eigenvalue weighted by Gasteiger charge is 2.27. The molecule has 0 saturated heterocycles. The van der Waals surface area contributed by atoms with Crippen molar-refractivity contribution < 1.29 is 37.6 Å². The summed E-state index contributed by atoms with van der Waals surface area (Å²) in [5, 5.41) is 0.817. The van der Waals surface area contributed by atoms with Crippen molar-refractivity contribution in [2.75, 3.05) is 13.2 Å². The van der Waals surface area contributed by atoms with Crippen LogP contribution in [0.15, 0.2) is 30.5 Å². The van der Waals surface area contributed by atoms with E-state index in [1.807, 2.05) is 6.07 Å². The van der Waals surface area contributed by atoms with Gasteiger partial charge < -0.3 is 19.0 Å². The van der Waals surface area contributed by atoms with E-state index in [2.05, 4.69) is 18.8 Å². The molecule has 1 aromatic carbocycles. The minimum absolute atomic E-state index is 0.170. The lowest BCUT2D eigenvalue weighted by Crippen LogP contribution is -2.29. The van der Waals surface area contributed by atoms with E-state index in [9.17, 15) is 19.0 Å². The van der Waals surface area contributed by atoms with Gasteiger partial charge in [0.05, 0.1) is 0 Å². The summed E-state index contributed by atoms with van der Waals surface area (Å²) in [6, 6.07) is 6.76. The molecule has 2 rings (SSSR count). The Kier molecular flexibility index (Phi) is 27.3. The van der Waals surface area contributed by atoms with Gasteiger partial charge in [0.1, 0.15) is 19.0 Å². The molecule has 9 nitrogen and oxygen atoms in total. The third-order valence-electron chi connectivity index (χ3n) is 9.87. The lowest BCUT2D eigenvalue weighted by atomic mass is 10.0. The SMILES string of the molecule is CCCCCCCCCCCCCCCC(=O)OC[C@H](COP(=O)(O)Oc1ccc2[nH]ccc2c1)OC(=O)CCCCCCCCCCCCCCC. The summed E-state index contributed by atoms with van der Waals surface area (Å²) < 4.78 is 34.3. The maximum Gasteiger partial charge on any atom is 0.527 e. The molecule has 304 valence electrons. The molecule has 0 aliphatic carbocycles. The minimum atomic E-state index is -4.56. The van der Waals surface area contributed by atoms with E-state index >= 15 is 0 Å². The van der Waals surface area contributed by atoms with Gasteiger partial charge in [-0.05, 0) is 37.1 Å². The van der Waals surface area contributed by atoms with E-state index in [4.69, 9.17) is 18.5 Å². The second-order valence-electron chi connectivity index (χ2n) is 14.9. The number of carbonyl (C=O) groups is 2. The number of ether oxygens (including phenoxy) is 2. The summed E-state index contributed by atoms with van der Waals surface area (Å²) >= 11 is 0. The second-order valence-corrected chi connectivity index (χ2v) is 16.2. The van der Waals surface area contributed by atoms with Crippen molar-refractivity contribution >= 4 is 30.7 Å². The average molecular weight is 764 g/mol. The highest BCUT2D eigenvalue weighted by Crippen LogP contribution is 2.44. The molecule has 0 bridgehead atoms. The maximum atomic E-state index is 12.8. The summed E-state index contributed by atoms with van der Waals surface area (Å²) in [6.07, 6.45) is 32.8. The molecule has 0 aliphatic rings. The van der Waals surface area contributed by atoms with E-state index in [0.717, 1.165) is 43.0 Å². The zero-order chi connectivity index (χ0) is 38.2. The van der Waals surface area contributed by atoms with Crippen molar-refractivity contribution in [2.45, 2.75) is 200 Å². The Hall–Kier alpha value is -2.35. The Balaban J connectivity index is 1.68. The van der Waals surface area contributed by atoms with Gasteiger partial charge in [-0.25, -0.2) is 4.57 Å². The van der Waals surface area contributed by atoms with Crippen molar-refractivity contribution in [1.82, 2.24) is 4.98 Å². The van der Waals surface area contributed by atoms with Crippen LogP contribution >= 0.6 is 7.82 Å². The van der Waals surface area contributed by atoms with Crippen LogP contribution in [0.1, 0.15) is 194 Å². The van der Waals surface area contributed by atoms with E-state index < -0.39 is 26.5 Å². The number of nitrogens with one attached hydrogen (secondary N) is 1. The average Bonchev–Trinajstić information content (AvgIpc) is 3.61. The number of fused-ring (bicyclic) bond motifs is 1. The van der Waals surface area contributed by atoms with E-state index in [-0.39, 0.29) is 31.2 Å². The zero-order valence-electron chi connectivity index (χ0n) is 33.4. The number of esters is 2. The molecular formula is C43H74NO8P. The molecule has 0 amide bonds. The predicted molar refractivity (Wildman–Crippen MR) is 216 cm³/mol. The minimum Gasteiger partial charge on any atom is -0.462 e. The van der Waals surface area contributed by atoms with Crippen molar-refractivity contribution in [3.63, 3.8) is 0 Å². The van der Waals surface area contributed by atoms with Crippen molar-refractivity contribution in [1.29, 1.82) is 0 Å². The normalized spacial score (nSPS) is 13.2. The first-order valence-corrected chi connectivity index (χ1v) is 22.9. The number of hydrogen-bond acceptors (Lipinski definition) is 7. The quantitative estimate of drug-likeness (QED) is 0.0399. The summed E-state index contributed by atoms with van der Waals surface area (Å²) in [4.78, 5) is 38.8. The fraction of sp³-hybridized carbons (Fsp3) is 0.767. The first kappa shape index (κ1) is 46.8. The van der Waals surface area contributed by atoms with E-state index in [1.54, 1.807) is 24.4 Å². The first-order chi connectivity index (χ1) is 25.8. The van der Waals surface area contributed by atoms with Crippen LogP contribution in [0.25, 0.3) is 10.9 Å². The number of phosphoric acid groups is 1. The molecule has 0 fully saturated rings. The van der Waals surface area contributed by atoms with Crippen LogP contribution in [0.3, 0.4) is 0 Å². The molecule has 53 heavy (non-hydrogen) atoms. The Labute approximate surface area is 321 Å². The second kappa shape index (κ2) is 30.9. The number of H-pyrrole nitrogens is 1. The number of unbranched alkanes of at least 4 members (excludes halogenated alkanes) is 24. The molecule has 1 heterocycles. The molecule has 2 N–H and O–H groups in total. The fourth-order valence-corrected chi connectivity index (χ4v) is 7.41. The lowest BCUT2D eigenvalue weighted by Gasteiger charge is -2.20. The zero-order valence-corrected chi connectivity index (χ0v) is 34.3. The third kappa shape index (κ3) is 25.4. The van der Waals surface area contributed by atoms with Crippen LogP contribution in [0, 0.1) is 0 Å². The highest BCUT2D eigenvalue weighted by molar-refractivity contribution is 7.47. The van der Waals surface area contributed by atoms with Gasteiger partial charge in [0.2, 0.25) is 0 Å². The van der Waals surface area contributed by atoms with Gasteiger partial charge >= 0.3 is 19.8 Å². The van der Waals surface area contributed by atoms with Crippen LogP contribution in [0.4, 0.5) is 0 Å². The molecule has 10 heteroatoms. The Morgan fingerprint density at radius 2 is 1.08 bits per heavy atom. The van der Waals surface area contributed by atoms with Crippen molar-refractivity contribution in [3.8, 4) is 5.75 Å². The number of rotatable bonds is 36. The van der Waals surface area contributed by atoms with Gasteiger partial charge in [-0.3, -0.25) is 19.0 Å². The summed E-state index contributed by atoms with van der Waals surface area (Å²) in [7, 11) is -4.56. The number of hydrogen-bond donors (Lipinski definition) is 2. The van der Waals surface area contributed by atoms with Gasteiger partial charge in [0.25, 0.3) is 0 Å². The highest BCUT2D eigenvalue weighted by atomic mass is 31.2. The standard InChI is InChI=1S/C43H74NO8P/c1-3-5-7-9-11-13-15-17-19-21-23-25-27-29-42(45)49-36-40(37-50-53(47,48)52-39-31-32-41-38(35-39)33-34-44-41)51-43(46)30-28-26-24-22-20-18-16-14-12-10-8-6-4-2/h31-35,40,44H,3-30,36-37H2,1-2H3,(H,47,48)/t40-/m1/s1. The van der Waals surface area contributed by atoms with E-state index in [0.29, 0.717) is 6.42 Å². The maximum absolute atomic E-state index is 12.8. The number of aromatic nitrogens is 1. The molecule has 0 aliphatic heterocycles. The van der Waals surface area contributed by atoms with Crippen LogP contribution in [0.5, 0.6) is 5.75 Å². The van der Waals surface area contributed by atoms with Crippen LogP contribution in [-0.4, -0.2) is 41.1 Å². The summed E-state index contributed by atoms with van der Waals surface area (Å²) in [5.41, 5.74) is 0.863. The van der Waals surface area contributed by atoms with Gasteiger partial charge in [-0.1, -0.05) is 168 Å². The van der Waals surface area contributed by atoms with E-state index in [1.165, 1.54) is 128 Å². The van der Waals surface area contributed by atoms with Crippen LogP contribution < -0.4 is 4.52 Å². The van der Waals surface area contributed by atoms with Gasteiger partial charge in [-0.15, -0.1) is 0 Å². The van der Waals surface area contributed by atoms with Crippen LogP contribution in [0.2, 0.25) is 0 Å².